The van der Waals surface area contributed by atoms with Gasteiger partial charge in [0.2, 0.25) is 5.91 Å². The van der Waals surface area contributed by atoms with Crippen LogP contribution in [0.4, 0.5) is 5.00 Å². The first-order valence-electron chi connectivity index (χ1n) is 12.3. The van der Waals surface area contributed by atoms with Crippen LogP contribution in [0.2, 0.25) is 0 Å². The van der Waals surface area contributed by atoms with Gasteiger partial charge < -0.3 is 10.1 Å². The van der Waals surface area contributed by atoms with Gasteiger partial charge in [-0.2, -0.15) is 5.26 Å². The standard InChI is InChI=1S/C29H26N2O4S/c30-16-24-22-8-2-1-3-9-26(22)36-29(24)31-27(33)12-13-28(34)35-17-25(32)20-11-10-19-14-18-6-4-5-7-21(18)23(19)15-20/h4-7,10-11,15H,1-3,8-9,12-14,17H2,(H,31,33). The molecule has 36 heavy (non-hydrogen) atoms. The Morgan fingerprint density at radius 2 is 1.78 bits per heavy atom. The van der Waals surface area contributed by atoms with Gasteiger partial charge >= 0.3 is 5.97 Å². The molecule has 2 aliphatic rings. The molecule has 0 saturated carbocycles. The Morgan fingerprint density at radius 1 is 0.972 bits per heavy atom. The fourth-order valence-corrected chi connectivity index (χ4v) is 6.21. The zero-order chi connectivity index (χ0) is 25.1. The summed E-state index contributed by atoms with van der Waals surface area (Å²) in [5.41, 5.74) is 6.70. The van der Waals surface area contributed by atoms with Crippen molar-refractivity contribution in [3.05, 3.63) is 75.2 Å². The minimum atomic E-state index is -0.604. The molecule has 6 nitrogen and oxygen atoms in total. The highest BCUT2D eigenvalue weighted by Crippen LogP contribution is 2.38. The van der Waals surface area contributed by atoms with E-state index in [0.717, 1.165) is 55.2 Å². The molecule has 182 valence electrons. The highest BCUT2D eigenvalue weighted by Gasteiger charge is 2.22. The van der Waals surface area contributed by atoms with E-state index in [4.69, 9.17) is 4.74 Å². The number of nitrogens with one attached hydrogen (secondary N) is 1. The first-order chi connectivity index (χ1) is 17.5. The molecule has 2 aromatic carbocycles. The average Bonchev–Trinajstić information content (AvgIpc) is 3.33. The van der Waals surface area contributed by atoms with Gasteiger partial charge in [0.1, 0.15) is 11.1 Å². The lowest BCUT2D eigenvalue weighted by Gasteiger charge is -2.07. The summed E-state index contributed by atoms with van der Waals surface area (Å²) in [5.74, 6) is -1.23. The first-order valence-corrected chi connectivity index (χ1v) is 13.1. The van der Waals surface area contributed by atoms with E-state index in [1.54, 1.807) is 6.07 Å². The molecular formula is C29H26N2O4S. The molecule has 3 aromatic rings. The predicted octanol–water partition coefficient (Wildman–Crippen LogP) is 5.60. The van der Waals surface area contributed by atoms with Gasteiger partial charge in [0.05, 0.1) is 12.0 Å². The summed E-state index contributed by atoms with van der Waals surface area (Å²) in [5, 5.41) is 13.0. The van der Waals surface area contributed by atoms with Crippen LogP contribution in [0.25, 0.3) is 11.1 Å². The summed E-state index contributed by atoms with van der Waals surface area (Å²) >= 11 is 1.46. The number of hydrogen-bond acceptors (Lipinski definition) is 6. The molecule has 1 N–H and O–H groups in total. The van der Waals surface area contributed by atoms with Crippen molar-refractivity contribution in [2.45, 2.75) is 51.4 Å². The topological polar surface area (TPSA) is 96.3 Å². The van der Waals surface area contributed by atoms with E-state index in [1.165, 1.54) is 27.3 Å². The van der Waals surface area contributed by atoms with E-state index >= 15 is 0 Å². The number of carbonyl (C=O) groups is 3. The number of fused-ring (bicyclic) bond motifs is 4. The van der Waals surface area contributed by atoms with E-state index < -0.39 is 5.97 Å². The zero-order valence-corrected chi connectivity index (χ0v) is 20.7. The quantitative estimate of drug-likeness (QED) is 0.203. The number of ketones is 1. The second kappa shape index (κ2) is 10.5. The van der Waals surface area contributed by atoms with Crippen molar-refractivity contribution in [1.82, 2.24) is 0 Å². The van der Waals surface area contributed by atoms with E-state index in [2.05, 4.69) is 17.5 Å². The lowest BCUT2D eigenvalue weighted by Crippen LogP contribution is -2.17. The van der Waals surface area contributed by atoms with Gasteiger partial charge in [-0.1, -0.05) is 42.8 Å². The van der Waals surface area contributed by atoms with Gasteiger partial charge in [-0.05, 0) is 66.0 Å². The number of nitrogens with zero attached hydrogens (tertiary/aromatic N) is 1. The molecule has 1 heterocycles. The molecule has 0 spiro atoms. The van der Waals surface area contributed by atoms with Crippen LogP contribution in [0, 0.1) is 11.3 Å². The second-order valence-corrected chi connectivity index (χ2v) is 10.3. The summed E-state index contributed by atoms with van der Waals surface area (Å²) in [6.07, 6.45) is 5.73. The number of benzene rings is 2. The van der Waals surface area contributed by atoms with Crippen molar-refractivity contribution >= 4 is 34.0 Å². The summed E-state index contributed by atoms with van der Waals surface area (Å²) in [7, 11) is 0. The molecule has 2 aliphatic carbocycles. The fraction of sp³-hybridized carbons (Fsp3) is 0.310. The van der Waals surface area contributed by atoms with Gasteiger partial charge in [-0.3, -0.25) is 14.4 Å². The number of Topliss-reactive ketones (excluding diaryl/α,β-unsaturated/α-hetero) is 1. The van der Waals surface area contributed by atoms with Crippen molar-refractivity contribution in [3.63, 3.8) is 0 Å². The molecule has 5 rings (SSSR count). The molecular weight excluding hydrogens is 472 g/mol. The number of amides is 1. The van der Waals surface area contributed by atoms with Crippen LogP contribution >= 0.6 is 11.3 Å². The van der Waals surface area contributed by atoms with Crippen molar-refractivity contribution in [2.24, 2.45) is 0 Å². The monoisotopic (exact) mass is 498 g/mol. The zero-order valence-electron chi connectivity index (χ0n) is 19.9. The van der Waals surface area contributed by atoms with Gasteiger partial charge in [-0.25, -0.2) is 0 Å². The van der Waals surface area contributed by atoms with Gasteiger partial charge in [0.15, 0.2) is 12.4 Å². The fourth-order valence-electron chi connectivity index (χ4n) is 4.95. The number of esters is 1. The Labute approximate surface area is 213 Å². The number of hydrogen-bond donors (Lipinski definition) is 1. The summed E-state index contributed by atoms with van der Waals surface area (Å²) < 4.78 is 5.15. The molecule has 0 fully saturated rings. The normalized spacial score (nSPS) is 13.5. The van der Waals surface area contributed by atoms with E-state index in [-0.39, 0.29) is 31.1 Å². The Kier molecular flexibility index (Phi) is 6.97. The highest BCUT2D eigenvalue weighted by molar-refractivity contribution is 7.16. The van der Waals surface area contributed by atoms with Crippen molar-refractivity contribution in [3.8, 4) is 17.2 Å². The maximum absolute atomic E-state index is 12.6. The third-order valence-electron chi connectivity index (χ3n) is 6.83. The van der Waals surface area contributed by atoms with Crippen molar-refractivity contribution in [2.75, 3.05) is 11.9 Å². The molecule has 0 unspecified atom stereocenters. The Bertz CT molecular complexity index is 1400. The number of nitriles is 1. The number of carbonyl (C=O) groups excluding carboxylic acids is 3. The summed E-state index contributed by atoms with van der Waals surface area (Å²) in [6, 6.07) is 15.9. The van der Waals surface area contributed by atoms with Crippen LogP contribution in [0.5, 0.6) is 0 Å². The SMILES string of the molecule is N#Cc1c(NC(=O)CCC(=O)OCC(=O)c2ccc3c(c2)-c2ccccc2C3)sc2c1CCCCC2. The largest absolute Gasteiger partial charge is 0.457 e. The van der Waals surface area contributed by atoms with E-state index in [9.17, 15) is 19.6 Å². The lowest BCUT2D eigenvalue weighted by molar-refractivity contribution is -0.143. The van der Waals surface area contributed by atoms with Crippen molar-refractivity contribution in [1.29, 1.82) is 5.26 Å². The summed E-state index contributed by atoms with van der Waals surface area (Å²) in [4.78, 5) is 38.5. The number of anilines is 1. The Hall–Kier alpha value is -3.76. The van der Waals surface area contributed by atoms with Gasteiger partial charge in [0.25, 0.3) is 0 Å². The lowest BCUT2D eigenvalue weighted by atomic mass is 10.0. The molecule has 0 aliphatic heterocycles. The second-order valence-electron chi connectivity index (χ2n) is 9.22. The van der Waals surface area contributed by atoms with Crippen LogP contribution in [0.15, 0.2) is 42.5 Å². The van der Waals surface area contributed by atoms with Crippen LogP contribution < -0.4 is 5.32 Å². The van der Waals surface area contributed by atoms with E-state index in [1.807, 2.05) is 30.3 Å². The third kappa shape index (κ3) is 4.95. The van der Waals surface area contributed by atoms with E-state index in [0.29, 0.717) is 16.1 Å². The van der Waals surface area contributed by atoms with Gasteiger partial charge in [-0.15, -0.1) is 11.3 Å². The first kappa shape index (κ1) is 24.0. The van der Waals surface area contributed by atoms with Crippen LogP contribution in [-0.2, 0) is 33.6 Å². The number of ether oxygens (including phenoxy) is 1. The predicted molar refractivity (Wildman–Crippen MR) is 138 cm³/mol. The minimum Gasteiger partial charge on any atom is -0.457 e. The molecule has 0 saturated heterocycles. The number of aryl methyl sites for hydroxylation is 1. The van der Waals surface area contributed by atoms with Crippen LogP contribution in [0.1, 0.15) is 69.6 Å². The Morgan fingerprint density at radius 3 is 2.64 bits per heavy atom. The molecule has 0 radical (unpaired) electrons. The number of thiophene rings is 1. The maximum Gasteiger partial charge on any atom is 0.306 e. The highest BCUT2D eigenvalue weighted by atomic mass is 32.1. The average molecular weight is 499 g/mol. The molecule has 1 aromatic heterocycles. The van der Waals surface area contributed by atoms with Gasteiger partial charge in [0, 0.05) is 16.9 Å². The molecule has 7 heteroatoms. The Balaban J connectivity index is 1.12. The molecule has 0 bridgehead atoms. The van der Waals surface area contributed by atoms with Crippen molar-refractivity contribution < 1.29 is 19.1 Å². The molecule has 0 atom stereocenters. The third-order valence-corrected chi connectivity index (χ3v) is 8.03. The maximum atomic E-state index is 12.6. The summed E-state index contributed by atoms with van der Waals surface area (Å²) in [6.45, 7) is -0.364. The molecule has 1 amide bonds. The smallest absolute Gasteiger partial charge is 0.306 e. The van der Waals surface area contributed by atoms with Crippen LogP contribution in [-0.4, -0.2) is 24.3 Å². The van der Waals surface area contributed by atoms with Crippen LogP contribution in [0.3, 0.4) is 0 Å². The number of rotatable bonds is 7. The minimum absolute atomic E-state index is 0.0733.